The van der Waals surface area contributed by atoms with E-state index in [0.29, 0.717) is 5.95 Å². The summed E-state index contributed by atoms with van der Waals surface area (Å²) < 4.78 is 0. The Bertz CT molecular complexity index is 758. The molecule has 1 amide bonds. The van der Waals surface area contributed by atoms with Crippen molar-refractivity contribution in [1.82, 2.24) is 15.4 Å². The Morgan fingerprint density at radius 3 is 2.67 bits per heavy atom. The van der Waals surface area contributed by atoms with Crippen molar-refractivity contribution < 1.29 is 15.0 Å². The fourth-order valence-electron chi connectivity index (χ4n) is 3.01. The minimum absolute atomic E-state index is 0.0160. The van der Waals surface area contributed by atoms with E-state index in [2.05, 4.69) is 38.0 Å². The molecule has 0 bridgehead atoms. The van der Waals surface area contributed by atoms with E-state index in [0.717, 1.165) is 38.3 Å². The Hall–Kier alpha value is -2.81. The number of anilines is 1. The Balaban J connectivity index is 1.47. The molecular weight excluding hydrogens is 344 g/mol. The molecule has 3 rings (SSSR count). The Morgan fingerprint density at radius 1 is 1.30 bits per heavy atom. The predicted molar refractivity (Wildman–Crippen MR) is 102 cm³/mol. The number of piperazine rings is 1. The van der Waals surface area contributed by atoms with Gasteiger partial charge in [-0.2, -0.15) is 0 Å². The van der Waals surface area contributed by atoms with Crippen LogP contribution in [0.4, 0.5) is 5.95 Å². The van der Waals surface area contributed by atoms with Gasteiger partial charge in [0.1, 0.15) is 11.8 Å². The number of carbonyl (C=O) groups excluding carboxylic acids is 1. The average molecular weight is 369 g/mol. The second-order valence-corrected chi connectivity index (χ2v) is 6.49. The van der Waals surface area contributed by atoms with E-state index in [1.165, 1.54) is 12.4 Å². The smallest absolute Gasteiger partial charge is 0.323 e. The fourth-order valence-corrected chi connectivity index (χ4v) is 3.01. The molecule has 142 valence electrons. The summed E-state index contributed by atoms with van der Waals surface area (Å²) >= 11 is 0. The number of H-pyrrole nitrogens is 1. The van der Waals surface area contributed by atoms with Crippen LogP contribution in [0.3, 0.4) is 0 Å². The first-order chi connectivity index (χ1) is 13.2. The van der Waals surface area contributed by atoms with E-state index in [4.69, 9.17) is 10.9 Å². The van der Waals surface area contributed by atoms with E-state index in [9.17, 15) is 4.79 Å². The van der Waals surface area contributed by atoms with Crippen molar-refractivity contribution in [3.8, 4) is 0 Å². The highest BCUT2D eigenvalue weighted by Crippen LogP contribution is 2.09. The monoisotopic (exact) mass is 369 g/mol. The number of rotatable bonds is 6. The molecule has 8 nitrogen and oxygen atoms in total. The molecule has 27 heavy (non-hydrogen) atoms. The van der Waals surface area contributed by atoms with Crippen LogP contribution in [0.5, 0.6) is 0 Å². The Kier molecular flexibility index (Phi) is 6.48. The van der Waals surface area contributed by atoms with Crippen molar-refractivity contribution in [3.05, 3.63) is 59.9 Å². The molecule has 1 aromatic heterocycles. The molecule has 1 aliphatic heterocycles. The topological polar surface area (TPSA) is 109 Å². The van der Waals surface area contributed by atoms with Gasteiger partial charge in [0.2, 0.25) is 0 Å². The van der Waals surface area contributed by atoms with Gasteiger partial charge in [0.15, 0.2) is 0 Å². The highest BCUT2D eigenvalue weighted by atomic mass is 16.5. The van der Waals surface area contributed by atoms with Crippen LogP contribution in [0.15, 0.2) is 48.8 Å². The highest BCUT2D eigenvalue weighted by Gasteiger charge is 2.25. The van der Waals surface area contributed by atoms with Gasteiger partial charge in [0.05, 0.1) is 19.3 Å². The number of nitrogens with two attached hydrogens (primary N) is 1. The number of carbonyl (C=O) groups is 1. The van der Waals surface area contributed by atoms with E-state index >= 15 is 0 Å². The summed E-state index contributed by atoms with van der Waals surface area (Å²) in [6.07, 6.45) is 7.07. The van der Waals surface area contributed by atoms with Crippen molar-refractivity contribution in [2.75, 3.05) is 37.6 Å². The van der Waals surface area contributed by atoms with Gasteiger partial charge in [0, 0.05) is 25.7 Å². The van der Waals surface area contributed by atoms with Gasteiger partial charge >= 0.3 is 5.95 Å². The Morgan fingerprint density at radius 2 is 2.04 bits per heavy atom. The number of aromatic nitrogens is 2. The number of benzene rings is 1. The third kappa shape index (κ3) is 5.33. The molecule has 1 saturated heterocycles. The number of hydroxylamine groups is 1. The lowest BCUT2D eigenvalue weighted by Crippen LogP contribution is -2.51. The third-order valence-electron chi connectivity index (χ3n) is 4.52. The van der Waals surface area contributed by atoms with Gasteiger partial charge in [0.25, 0.3) is 5.91 Å². The van der Waals surface area contributed by atoms with Crippen molar-refractivity contribution in [1.29, 1.82) is 0 Å². The van der Waals surface area contributed by atoms with Crippen molar-refractivity contribution >= 4 is 17.9 Å². The largest absolute Gasteiger partial charge is 0.391 e. The maximum absolute atomic E-state index is 11.3. The van der Waals surface area contributed by atoms with E-state index < -0.39 is 5.91 Å². The number of nitrogens with one attached hydrogen (secondary N) is 2. The van der Waals surface area contributed by atoms with Crippen LogP contribution in [0.25, 0.3) is 6.08 Å². The minimum atomic E-state index is -0.590. The standard InChI is InChI=1S/C19H24N6O2/c20-17(7-6-15-4-2-1-3-5-15)14-24-8-10-25(11-9-24)19-21-12-16(13-22-19)18(26)23-27/h1-7,12-13,17,27H,8-11,14,20H2,(H,23,26)/p+1/b7-6+. The second kappa shape index (κ2) is 9.22. The van der Waals surface area contributed by atoms with Crippen LogP contribution in [0.1, 0.15) is 15.9 Å². The summed E-state index contributed by atoms with van der Waals surface area (Å²) in [5, 5.41) is 8.64. The second-order valence-electron chi connectivity index (χ2n) is 6.49. The van der Waals surface area contributed by atoms with Gasteiger partial charge < -0.3 is 5.73 Å². The van der Waals surface area contributed by atoms with Crippen LogP contribution in [-0.4, -0.2) is 59.8 Å². The van der Waals surface area contributed by atoms with Crippen molar-refractivity contribution in [2.45, 2.75) is 6.04 Å². The molecule has 1 aliphatic rings. The first-order valence-electron chi connectivity index (χ1n) is 8.94. The molecule has 0 radical (unpaired) electrons. The molecule has 2 heterocycles. The summed E-state index contributed by atoms with van der Waals surface area (Å²) in [5.41, 5.74) is 9.25. The molecule has 1 atom stereocenters. The maximum atomic E-state index is 11.3. The van der Waals surface area contributed by atoms with E-state index in [-0.39, 0.29) is 11.6 Å². The van der Waals surface area contributed by atoms with Crippen LogP contribution in [0, 0.1) is 0 Å². The lowest BCUT2D eigenvalue weighted by Gasteiger charge is -2.32. The maximum Gasteiger partial charge on any atom is 0.391 e. The molecule has 1 unspecified atom stereocenters. The zero-order chi connectivity index (χ0) is 19.1. The van der Waals surface area contributed by atoms with Crippen LogP contribution < -0.4 is 21.1 Å². The zero-order valence-corrected chi connectivity index (χ0v) is 15.1. The van der Waals surface area contributed by atoms with Gasteiger partial charge in [-0.15, -0.1) is 0 Å². The minimum Gasteiger partial charge on any atom is -0.323 e. The lowest BCUT2D eigenvalue weighted by atomic mass is 10.1. The van der Waals surface area contributed by atoms with Gasteiger partial charge in [-0.3, -0.25) is 19.8 Å². The third-order valence-corrected chi connectivity index (χ3v) is 4.52. The van der Waals surface area contributed by atoms with Gasteiger partial charge in [-0.25, -0.2) is 10.5 Å². The quantitative estimate of drug-likeness (QED) is 0.495. The SMILES string of the molecule is NC(/C=C/c1ccccc1)CN1CCN(c2ncc(C(=O)NO)c[nH+]2)CC1. The molecular formula is C19H25N6O2+. The summed E-state index contributed by atoms with van der Waals surface area (Å²) in [7, 11) is 0. The van der Waals surface area contributed by atoms with Gasteiger partial charge in [-0.1, -0.05) is 47.5 Å². The zero-order valence-electron chi connectivity index (χ0n) is 15.1. The van der Waals surface area contributed by atoms with Crippen LogP contribution in [-0.2, 0) is 0 Å². The molecule has 0 spiro atoms. The molecule has 0 aliphatic carbocycles. The number of amides is 1. The van der Waals surface area contributed by atoms with Crippen LogP contribution >= 0.6 is 0 Å². The lowest BCUT2D eigenvalue weighted by molar-refractivity contribution is -0.368. The average Bonchev–Trinajstić information content (AvgIpc) is 2.73. The van der Waals surface area contributed by atoms with Crippen molar-refractivity contribution in [2.24, 2.45) is 5.73 Å². The summed E-state index contributed by atoms with van der Waals surface area (Å²) in [4.78, 5) is 23.1. The predicted octanol–water partition coefficient (Wildman–Crippen LogP) is 0.177. The number of nitrogens with zero attached hydrogens (tertiary/aromatic N) is 3. The first kappa shape index (κ1) is 19.0. The summed E-state index contributed by atoms with van der Waals surface area (Å²) in [6, 6.07) is 10.1. The number of aromatic amines is 1. The van der Waals surface area contributed by atoms with E-state index in [1.54, 1.807) is 5.48 Å². The summed E-state index contributed by atoms with van der Waals surface area (Å²) in [5.74, 6) is 0.116. The van der Waals surface area contributed by atoms with Crippen molar-refractivity contribution in [3.63, 3.8) is 0 Å². The highest BCUT2D eigenvalue weighted by molar-refractivity contribution is 5.92. The molecule has 2 aromatic rings. The molecule has 5 N–H and O–H groups in total. The molecule has 8 heteroatoms. The fraction of sp³-hybridized carbons (Fsp3) is 0.316. The normalized spacial score (nSPS) is 16.4. The Labute approximate surface area is 158 Å². The first-order valence-corrected chi connectivity index (χ1v) is 8.94. The van der Waals surface area contributed by atoms with E-state index in [1.807, 2.05) is 24.3 Å². The summed E-state index contributed by atoms with van der Waals surface area (Å²) in [6.45, 7) is 4.24. The number of hydrogen-bond donors (Lipinski definition) is 3. The number of hydrogen-bond acceptors (Lipinski definition) is 6. The molecule has 1 fully saturated rings. The van der Waals surface area contributed by atoms with Gasteiger partial charge in [-0.05, 0) is 5.56 Å². The molecule has 1 aromatic carbocycles. The van der Waals surface area contributed by atoms with Crippen LogP contribution in [0.2, 0.25) is 0 Å². The molecule has 0 saturated carbocycles.